The molecule has 2 atom stereocenters. The Balaban J connectivity index is 0.000000150. The van der Waals surface area contributed by atoms with E-state index in [0.717, 1.165) is 86.1 Å². The van der Waals surface area contributed by atoms with Crippen molar-refractivity contribution in [3.8, 4) is 0 Å². The second kappa shape index (κ2) is 20.6. The van der Waals surface area contributed by atoms with E-state index in [2.05, 4.69) is 75.4 Å². The fourth-order valence-corrected chi connectivity index (χ4v) is 9.22. The van der Waals surface area contributed by atoms with Crippen LogP contribution in [0.5, 0.6) is 0 Å². The van der Waals surface area contributed by atoms with Gasteiger partial charge in [0.1, 0.15) is 17.8 Å². The number of nitro groups is 1. The van der Waals surface area contributed by atoms with Gasteiger partial charge in [-0.15, -0.1) is 0 Å². The summed E-state index contributed by atoms with van der Waals surface area (Å²) in [5.74, 6) is -2.10. The number of carbonyl (C=O) groups is 2. The maximum Gasteiger partial charge on any atom is 0.320 e. The van der Waals surface area contributed by atoms with Crippen molar-refractivity contribution in [3.63, 3.8) is 0 Å². The van der Waals surface area contributed by atoms with Crippen molar-refractivity contribution in [2.24, 2.45) is 32.6 Å². The summed E-state index contributed by atoms with van der Waals surface area (Å²) < 4.78 is 22.3. The molecule has 18 nitrogen and oxygen atoms in total. The Bertz CT molecular complexity index is 2720. The lowest BCUT2D eigenvalue weighted by Crippen LogP contribution is -2.36. The molecule has 3 aliphatic heterocycles. The number of nitro benzene ring substituents is 1. The van der Waals surface area contributed by atoms with Gasteiger partial charge in [0.15, 0.2) is 0 Å². The Morgan fingerprint density at radius 1 is 0.636 bits per heavy atom. The Morgan fingerprint density at radius 2 is 1.09 bits per heavy atom. The third kappa shape index (κ3) is 9.97. The van der Waals surface area contributed by atoms with Crippen LogP contribution >= 0.6 is 0 Å². The van der Waals surface area contributed by atoms with Gasteiger partial charge in [0.05, 0.1) is 55.5 Å². The quantitative estimate of drug-likeness (QED) is 0.107. The first-order valence-electron chi connectivity index (χ1n) is 22.4. The highest BCUT2D eigenvalue weighted by Gasteiger charge is 2.30. The maximum absolute atomic E-state index is 12.0. The molecule has 3 fully saturated rings. The summed E-state index contributed by atoms with van der Waals surface area (Å²) in [5.41, 5.74) is 22.4. The predicted octanol–water partition coefficient (Wildman–Crippen LogP) is 4.79. The lowest BCUT2D eigenvalue weighted by molar-refractivity contribution is -0.382. The van der Waals surface area contributed by atoms with Gasteiger partial charge in [-0.2, -0.15) is 0 Å². The molecule has 0 bridgehead atoms. The molecule has 6 heterocycles. The number of aryl methyl sites for hydroxylation is 4. The monoisotopic (exact) mass is 909 g/mol. The van der Waals surface area contributed by atoms with Gasteiger partial charge in [0.2, 0.25) is 0 Å². The number of nitrogens with zero attached hydrogens (tertiary/aromatic N) is 7. The summed E-state index contributed by atoms with van der Waals surface area (Å²) in [6.07, 6.45) is 0.372. The number of fused-ring (bicyclic) bond motifs is 3. The van der Waals surface area contributed by atoms with Gasteiger partial charge in [-0.3, -0.25) is 19.7 Å². The smallest absolute Gasteiger partial charge is 0.320 e. The van der Waals surface area contributed by atoms with Crippen molar-refractivity contribution in [2.45, 2.75) is 45.7 Å². The van der Waals surface area contributed by atoms with Gasteiger partial charge in [0.25, 0.3) is 0 Å². The second-order valence-corrected chi connectivity index (χ2v) is 17.2. The molecule has 0 spiro atoms. The van der Waals surface area contributed by atoms with E-state index in [1.54, 1.807) is 6.07 Å². The van der Waals surface area contributed by atoms with Crippen LogP contribution in [0, 0.1) is 30.9 Å². The summed E-state index contributed by atoms with van der Waals surface area (Å²) in [5, 5.41) is 33.1. The summed E-state index contributed by atoms with van der Waals surface area (Å²) in [7, 11) is 5.93. The van der Waals surface area contributed by atoms with Crippen LogP contribution in [0.2, 0.25) is 0 Å². The number of aromatic nitrogens is 3. The van der Waals surface area contributed by atoms with E-state index < -0.39 is 24.0 Å². The van der Waals surface area contributed by atoms with E-state index in [1.165, 1.54) is 22.3 Å². The highest BCUT2D eigenvalue weighted by Crippen LogP contribution is 2.41. The minimum atomic E-state index is -1.13. The zero-order valence-corrected chi connectivity index (χ0v) is 38.8. The first-order chi connectivity index (χ1) is 31.6. The number of carboxylic acids is 2. The van der Waals surface area contributed by atoms with Crippen LogP contribution in [-0.2, 0) is 57.8 Å². The second-order valence-electron chi connectivity index (χ2n) is 17.2. The number of aliphatic carboxylic acids is 2. The molecule has 0 aliphatic carbocycles. The Labute approximate surface area is 383 Å². The molecule has 6 aromatic rings. The van der Waals surface area contributed by atoms with Gasteiger partial charge in [-0.1, -0.05) is 0 Å². The van der Waals surface area contributed by atoms with Gasteiger partial charge in [-0.05, 0) is 86.5 Å². The number of carboxylic acid groups (broad SMARTS) is 2. The topological polar surface area (TPSA) is 222 Å². The summed E-state index contributed by atoms with van der Waals surface area (Å²) >= 11 is 0. The van der Waals surface area contributed by atoms with Gasteiger partial charge < -0.3 is 64.3 Å². The Kier molecular flexibility index (Phi) is 14.9. The summed E-state index contributed by atoms with van der Waals surface area (Å²) in [6, 6.07) is 16.9. The Morgan fingerprint density at radius 3 is 1.62 bits per heavy atom. The van der Waals surface area contributed by atoms with Crippen molar-refractivity contribution >= 4 is 67.4 Å². The fourth-order valence-electron chi connectivity index (χ4n) is 9.22. The standard InChI is InChI=1S/C17H22N4O5.C17H23N3O3.C14H18N2O/c1-10-11(9-12(18)17(22)23)15-13(19(10)2)3-4-14(16(15)21(24)25)20-5-7-26-8-6-20;1-11-13(10-15(18)17(21)22)14-9-12(3-4-16(14)19(11)2)20-5-7-23-8-6-20;1-11-9-12-10-13(3-4-14(12)15(11)2)16-5-7-17-8-6-16/h3-4,12H,5-9,18H2,1-2H3,(H,22,23);3-4,9,15H,5-8,10,18H2,1-2H3,(H,21,22);3-4,9-10H,5-8H2,1-2H3. The summed E-state index contributed by atoms with van der Waals surface area (Å²) in [4.78, 5) is 40.5. The van der Waals surface area contributed by atoms with E-state index in [-0.39, 0.29) is 17.0 Å². The first-order valence-corrected chi connectivity index (χ1v) is 22.4. The van der Waals surface area contributed by atoms with Crippen molar-refractivity contribution < 1.29 is 38.9 Å². The number of ether oxygens (including phenoxy) is 3. The van der Waals surface area contributed by atoms with E-state index in [9.17, 15) is 19.7 Å². The normalized spacial score (nSPS) is 16.5. The van der Waals surface area contributed by atoms with Crippen LogP contribution in [0.15, 0.2) is 54.6 Å². The molecule has 3 aliphatic rings. The number of hydrogen-bond acceptors (Lipinski definition) is 12. The van der Waals surface area contributed by atoms with Crippen LogP contribution in [0.25, 0.3) is 32.7 Å². The maximum atomic E-state index is 12.0. The first kappa shape index (κ1) is 47.8. The van der Waals surface area contributed by atoms with E-state index in [4.69, 9.17) is 35.9 Å². The van der Waals surface area contributed by atoms with E-state index in [0.29, 0.717) is 54.9 Å². The number of anilines is 3. The molecular weight excluding hydrogens is 847 g/mol. The third-order valence-corrected chi connectivity index (χ3v) is 13.4. The zero-order chi connectivity index (χ0) is 47.4. The predicted molar refractivity (Wildman–Crippen MR) is 257 cm³/mol. The third-order valence-electron chi connectivity index (χ3n) is 13.4. The largest absolute Gasteiger partial charge is 0.480 e. The van der Waals surface area contributed by atoms with Gasteiger partial charge in [0, 0.05) is 124 Å². The van der Waals surface area contributed by atoms with Crippen LogP contribution in [0.4, 0.5) is 22.7 Å². The van der Waals surface area contributed by atoms with E-state index in [1.807, 2.05) is 43.5 Å². The van der Waals surface area contributed by atoms with Crippen LogP contribution < -0.4 is 26.2 Å². The average Bonchev–Trinajstić information content (AvgIpc) is 3.85. The minimum absolute atomic E-state index is 0.000638. The average molecular weight is 910 g/mol. The van der Waals surface area contributed by atoms with Crippen molar-refractivity contribution in [1.82, 2.24) is 13.7 Å². The van der Waals surface area contributed by atoms with Crippen LogP contribution in [0.3, 0.4) is 0 Å². The van der Waals surface area contributed by atoms with Crippen molar-refractivity contribution in [1.29, 1.82) is 0 Å². The van der Waals surface area contributed by atoms with Crippen LogP contribution in [0.1, 0.15) is 28.2 Å². The molecule has 3 aromatic carbocycles. The molecule has 9 rings (SSSR count). The molecule has 0 radical (unpaired) electrons. The number of hydrogen-bond donors (Lipinski definition) is 4. The van der Waals surface area contributed by atoms with Gasteiger partial charge >= 0.3 is 17.6 Å². The molecule has 66 heavy (non-hydrogen) atoms. The molecule has 3 saturated heterocycles. The van der Waals surface area contributed by atoms with Crippen molar-refractivity contribution in [2.75, 3.05) is 93.6 Å². The molecule has 3 aromatic heterocycles. The van der Waals surface area contributed by atoms with Gasteiger partial charge in [-0.25, -0.2) is 0 Å². The highest BCUT2D eigenvalue weighted by atomic mass is 16.6. The fraction of sp³-hybridized carbons (Fsp3) is 0.458. The molecule has 0 amide bonds. The minimum Gasteiger partial charge on any atom is -0.480 e. The number of nitrogens with two attached hydrogens (primary N) is 2. The molecule has 354 valence electrons. The lowest BCUT2D eigenvalue weighted by Gasteiger charge is -2.29. The number of rotatable bonds is 10. The Hall–Kier alpha value is -6.18. The highest BCUT2D eigenvalue weighted by molar-refractivity contribution is 5.99. The van der Waals surface area contributed by atoms with Crippen LogP contribution in [-0.4, -0.2) is 132 Å². The SMILES string of the molecule is Cc1c(CC(N)C(=O)O)c2c([N+](=O)[O-])c(N3CCOCC3)ccc2n1C.Cc1c(CC(N)C(=O)O)c2cc(N3CCOCC3)ccc2n1C.Cc1cc2cc(N3CCOCC3)ccc2n1C. The number of benzene rings is 3. The molecule has 18 heteroatoms. The number of morpholine rings is 3. The lowest BCUT2D eigenvalue weighted by atomic mass is 10.0. The molecule has 6 N–H and O–H groups in total. The van der Waals surface area contributed by atoms with Crippen molar-refractivity contribution in [3.05, 3.63) is 92.9 Å². The molecule has 2 unspecified atom stereocenters. The zero-order valence-electron chi connectivity index (χ0n) is 38.8. The molecule has 0 saturated carbocycles. The summed E-state index contributed by atoms with van der Waals surface area (Å²) in [6.45, 7) is 15.1. The molecular formula is C48H63N9O9. The van der Waals surface area contributed by atoms with E-state index >= 15 is 0 Å².